The number of halogens is 3. The third kappa shape index (κ3) is 5.30. The lowest BCUT2D eigenvalue weighted by molar-refractivity contribution is -0.137. The highest BCUT2D eigenvalue weighted by Crippen LogP contribution is 2.37. The van der Waals surface area contributed by atoms with Crippen molar-refractivity contribution in [1.82, 2.24) is 4.90 Å². The molecule has 0 spiro atoms. The summed E-state index contributed by atoms with van der Waals surface area (Å²) >= 11 is 0. The summed E-state index contributed by atoms with van der Waals surface area (Å²) in [5, 5.41) is 7.78. The normalized spacial score (nSPS) is 17.3. The summed E-state index contributed by atoms with van der Waals surface area (Å²) in [5.41, 5.74) is -1.33. The number of morpholine rings is 1. The largest absolute Gasteiger partial charge is 0.465 e. The van der Waals surface area contributed by atoms with Crippen LogP contribution in [0.15, 0.2) is 39.6 Å². The first-order chi connectivity index (χ1) is 13.6. The summed E-state index contributed by atoms with van der Waals surface area (Å²) < 4.78 is 74.4. The standard InChI is InChI=1S/C18H22F3N3O4S/c1-12-2-5-17(28-12)16(24-6-8-27-9-7-24)11-23-15-4-3-13(29(22,25)26)10-14(15)18(19,20)21/h2-5,10,16,23H,6-9,11H2,1H3,(H2,22,25,26). The lowest BCUT2D eigenvalue weighted by Crippen LogP contribution is -2.41. The van der Waals surface area contributed by atoms with Gasteiger partial charge in [-0.25, -0.2) is 13.6 Å². The number of anilines is 1. The molecule has 1 unspecified atom stereocenters. The van der Waals surface area contributed by atoms with Crippen LogP contribution >= 0.6 is 0 Å². The van der Waals surface area contributed by atoms with E-state index in [1.807, 2.05) is 0 Å². The number of hydrogen-bond donors (Lipinski definition) is 2. The molecule has 0 amide bonds. The van der Waals surface area contributed by atoms with Crippen molar-refractivity contribution in [2.24, 2.45) is 5.14 Å². The Bertz CT molecular complexity index is 954. The van der Waals surface area contributed by atoms with E-state index >= 15 is 0 Å². The Labute approximate surface area is 166 Å². The van der Waals surface area contributed by atoms with E-state index in [0.717, 1.165) is 12.1 Å². The van der Waals surface area contributed by atoms with Gasteiger partial charge in [0.05, 0.1) is 29.7 Å². The molecule has 29 heavy (non-hydrogen) atoms. The average Bonchev–Trinajstić information content (AvgIpc) is 3.07. The molecular weight excluding hydrogens is 411 g/mol. The van der Waals surface area contributed by atoms with Crippen LogP contribution in [0.3, 0.4) is 0 Å². The van der Waals surface area contributed by atoms with E-state index in [4.69, 9.17) is 14.3 Å². The Morgan fingerprint density at radius 3 is 2.45 bits per heavy atom. The highest BCUT2D eigenvalue weighted by Gasteiger charge is 2.35. The van der Waals surface area contributed by atoms with Gasteiger partial charge in [-0.15, -0.1) is 0 Å². The first kappa shape index (κ1) is 21.6. The Hall–Kier alpha value is -2.08. The van der Waals surface area contributed by atoms with E-state index in [1.165, 1.54) is 0 Å². The van der Waals surface area contributed by atoms with Crippen molar-refractivity contribution in [3.05, 3.63) is 47.4 Å². The maximum absolute atomic E-state index is 13.5. The van der Waals surface area contributed by atoms with Gasteiger partial charge in [0.2, 0.25) is 10.0 Å². The fraction of sp³-hybridized carbons (Fsp3) is 0.444. The van der Waals surface area contributed by atoms with Crippen molar-refractivity contribution >= 4 is 15.7 Å². The smallest absolute Gasteiger partial charge is 0.418 e. The molecule has 1 fully saturated rings. The molecule has 1 aliphatic heterocycles. The summed E-state index contributed by atoms with van der Waals surface area (Å²) in [6.07, 6.45) is -4.75. The summed E-state index contributed by atoms with van der Waals surface area (Å²) in [7, 11) is -4.26. The van der Waals surface area contributed by atoms with Crippen molar-refractivity contribution in [2.45, 2.75) is 24.0 Å². The summed E-state index contributed by atoms with van der Waals surface area (Å²) in [4.78, 5) is 1.47. The molecule has 1 aromatic carbocycles. The van der Waals surface area contributed by atoms with Crippen LogP contribution in [0.4, 0.5) is 18.9 Å². The molecule has 0 radical (unpaired) electrons. The highest BCUT2D eigenvalue weighted by molar-refractivity contribution is 7.89. The Morgan fingerprint density at radius 2 is 1.90 bits per heavy atom. The number of nitrogens with one attached hydrogen (secondary N) is 1. The van der Waals surface area contributed by atoms with Gasteiger partial charge in [0, 0.05) is 25.3 Å². The topological polar surface area (TPSA) is 97.8 Å². The van der Waals surface area contributed by atoms with Crippen molar-refractivity contribution in [3.8, 4) is 0 Å². The first-order valence-corrected chi connectivity index (χ1v) is 10.5. The van der Waals surface area contributed by atoms with Crippen LogP contribution in [0.5, 0.6) is 0 Å². The maximum atomic E-state index is 13.5. The molecule has 3 rings (SSSR count). The number of sulfonamides is 1. The molecule has 3 N–H and O–H groups in total. The monoisotopic (exact) mass is 433 g/mol. The summed E-state index contributed by atoms with van der Waals surface area (Å²) in [6, 6.07) is 5.95. The number of alkyl halides is 3. The van der Waals surface area contributed by atoms with Gasteiger partial charge in [-0.1, -0.05) is 0 Å². The zero-order valence-corrected chi connectivity index (χ0v) is 16.5. The van der Waals surface area contributed by atoms with Gasteiger partial charge >= 0.3 is 6.18 Å². The summed E-state index contributed by atoms with van der Waals surface area (Å²) in [6.45, 7) is 4.19. The number of aryl methyl sites for hydroxylation is 1. The minimum Gasteiger partial charge on any atom is -0.465 e. The minimum atomic E-state index is -4.75. The Balaban J connectivity index is 1.88. The quantitative estimate of drug-likeness (QED) is 0.727. The molecular formula is C18H22F3N3O4S. The van der Waals surface area contributed by atoms with Crippen LogP contribution in [0, 0.1) is 6.92 Å². The number of primary sulfonamides is 1. The lowest BCUT2D eigenvalue weighted by Gasteiger charge is -2.33. The van der Waals surface area contributed by atoms with Gasteiger partial charge in [0.15, 0.2) is 0 Å². The molecule has 160 valence electrons. The zero-order chi connectivity index (χ0) is 21.2. The van der Waals surface area contributed by atoms with Crippen molar-refractivity contribution in [3.63, 3.8) is 0 Å². The SMILES string of the molecule is Cc1ccc(C(CNc2ccc(S(N)(=O)=O)cc2C(F)(F)F)N2CCOCC2)o1. The van der Waals surface area contributed by atoms with Crippen molar-refractivity contribution in [2.75, 3.05) is 38.2 Å². The van der Waals surface area contributed by atoms with E-state index in [1.54, 1.807) is 19.1 Å². The average molecular weight is 433 g/mol. The molecule has 2 heterocycles. The molecule has 1 aromatic heterocycles. The second-order valence-electron chi connectivity index (χ2n) is 6.74. The summed E-state index contributed by atoms with van der Waals surface area (Å²) in [5.74, 6) is 1.33. The lowest BCUT2D eigenvalue weighted by atomic mass is 10.1. The molecule has 11 heteroatoms. The number of benzene rings is 1. The molecule has 0 bridgehead atoms. The van der Waals surface area contributed by atoms with E-state index < -0.39 is 26.7 Å². The third-order valence-electron chi connectivity index (χ3n) is 4.69. The van der Waals surface area contributed by atoms with E-state index in [2.05, 4.69) is 10.2 Å². The second kappa shape index (κ2) is 8.34. The van der Waals surface area contributed by atoms with Crippen LogP contribution in [-0.4, -0.2) is 46.2 Å². The van der Waals surface area contributed by atoms with Gasteiger partial charge in [-0.05, 0) is 37.3 Å². The number of rotatable bonds is 6. The second-order valence-corrected chi connectivity index (χ2v) is 8.31. The molecule has 0 saturated carbocycles. The van der Waals surface area contributed by atoms with Gasteiger partial charge in [0.1, 0.15) is 11.5 Å². The van der Waals surface area contributed by atoms with E-state index in [9.17, 15) is 21.6 Å². The molecule has 1 atom stereocenters. The van der Waals surface area contributed by atoms with Gasteiger partial charge in [-0.3, -0.25) is 4.90 Å². The van der Waals surface area contributed by atoms with E-state index in [0.29, 0.717) is 43.9 Å². The van der Waals surface area contributed by atoms with E-state index in [-0.39, 0.29) is 18.3 Å². The molecule has 7 nitrogen and oxygen atoms in total. The molecule has 0 aliphatic carbocycles. The number of hydrogen-bond acceptors (Lipinski definition) is 6. The maximum Gasteiger partial charge on any atom is 0.418 e. The first-order valence-electron chi connectivity index (χ1n) is 8.92. The van der Waals surface area contributed by atoms with Crippen LogP contribution in [-0.2, 0) is 20.9 Å². The zero-order valence-electron chi connectivity index (χ0n) is 15.7. The number of nitrogens with two attached hydrogens (primary N) is 1. The number of ether oxygens (including phenoxy) is 1. The fourth-order valence-electron chi connectivity index (χ4n) is 3.23. The number of furan rings is 1. The molecule has 1 aliphatic rings. The van der Waals surface area contributed by atoms with Gasteiger partial charge in [0.25, 0.3) is 0 Å². The predicted molar refractivity (Wildman–Crippen MR) is 99.9 cm³/mol. The Morgan fingerprint density at radius 1 is 1.21 bits per heavy atom. The molecule has 2 aromatic rings. The van der Waals surface area contributed by atoms with Crippen LogP contribution in [0.1, 0.15) is 23.1 Å². The van der Waals surface area contributed by atoms with Crippen molar-refractivity contribution in [1.29, 1.82) is 0 Å². The van der Waals surface area contributed by atoms with Crippen molar-refractivity contribution < 1.29 is 30.7 Å². The number of nitrogens with zero attached hydrogens (tertiary/aromatic N) is 1. The highest BCUT2D eigenvalue weighted by atomic mass is 32.2. The fourth-order valence-corrected chi connectivity index (χ4v) is 3.77. The minimum absolute atomic E-state index is 0.130. The van der Waals surface area contributed by atoms with Crippen LogP contribution in [0.25, 0.3) is 0 Å². The van der Waals surface area contributed by atoms with Crippen LogP contribution in [0.2, 0.25) is 0 Å². The van der Waals surface area contributed by atoms with Gasteiger partial charge in [-0.2, -0.15) is 13.2 Å². The predicted octanol–water partition coefficient (Wildman–Crippen LogP) is 2.74. The van der Waals surface area contributed by atoms with Gasteiger partial charge < -0.3 is 14.5 Å². The van der Waals surface area contributed by atoms with Crippen LogP contribution < -0.4 is 10.5 Å². The molecule has 1 saturated heterocycles. The third-order valence-corrected chi connectivity index (χ3v) is 5.60. The Kier molecular flexibility index (Phi) is 6.22.